The number of sulfonamides is 1. The van der Waals surface area contributed by atoms with Gasteiger partial charge < -0.3 is 14.8 Å². The van der Waals surface area contributed by atoms with Gasteiger partial charge in [-0.2, -0.15) is 0 Å². The van der Waals surface area contributed by atoms with Gasteiger partial charge in [-0.05, 0) is 63.2 Å². The summed E-state index contributed by atoms with van der Waals surface area (Å²) in [5.74, 6) is -0.0897. The van der Waals surface area contributed by atoms with Gasteiger partial charge in [0.25, 0.3) is 15.9 Å². The Morgan fingerprint density at radius 2 is 1.59 bits per heavy atom. The maximum atomic E-state index is 12.6. The van der Waals surface area contributed by atoms with Gasteiger partial charge in [0.05, 0.1) is 24.8 Å². The molecule has 2 N–H and O–H groups in total. The number of amides is 2. The SMILES string of the molecule is COc1ccc(NC(=O)c2ccc(S(=O)(=O)N(C)OC)cc2)cc1NC(=O)OC(C)(C)C. The van der Waals surface area contributed by atoms with Crippen LogP contribution in [0.25, 0.3) is 0 Å². The van der Waals surface area contributed by atoms with Crippen LogP contribution in [0.15, 0.2) is 47.4 Å². The van der Waals surface area contributed by atoms with Crippen molar-refractivity contribution in [2.45, 2.75) is 31.3 Å². The predicted molar refractivity (Wildman–Crippen MR) is 119 cm³/mol. The molecule has 2 rings (SSSR count). The van der Waals surface area contributed by atoms with Crippen LogP contribution in [-0.4, -0.2) is 51.8 Å². The highest BCUT2D eigenvalue weighted by atomic mass is 32.2. The normalized spacial score (nSPS) is 11.7. The Morgan fingerprint density at radius 1 is 0.969 bits per heavy atom. The molecule has 0 fully saturated rings. The molecule has 2 aromatic rings. The second-order valence-corrected chi connectivity index (χ2v) is 9.55. The molecule has 0 aliphatic carbocycles. The van der Waals surface area contributed by atoms with Crippen molar-refractivity contribution in [2.24, 2.45) is 0 Å². The summed E-state index contributed by atoms with van der Waals surface area (Å²) >= 11 is 0. The first kappa shape index (κ1) is 25.1. The molecular formula is C21H27N3O7S. The molecule has 0 unspecified atom stereocenters. The van der Waals surface area contributed by atoms with Crippen molar-refractivity contribution in [3.63, 3.8) is 0 Å². The highest BCUT2D eigenvalue weighted by Crippen LogP contribution is 2.29. The third-order valence-electron chi connectivity index (χ3n) is 4.10. The van der Waals surface area contributed by atoms with Gasteiger partial charge in [-0.1, -0.05) is 4.47 Å². The van der Waals surface area contributed by atoms with Crippen molar-refractivity contribution in [2.75, 3.05) is 31.9 Å². The number of benzene rings is 2. The number of carbonyl (C=O) groups excluding carboxylic acids is 2. The quantitative estimate of drug-likeness (QED) is 0.600. The molecule has 0 aromatic heterocycles. The summed E-state index contributed by atoms with van der Waals surface area (Å²) < 4.78 is 35.7. The van der Waals surface area contributed by atoms with E-state index < -0.39 is 27.6 Å². The van der Waals surface area contributed by atoms with E-state index in [1.807, 2.05) is 0 Å². The summed E-state index contributed by atoms with van der Waals surface area (Å²) in [7, 11) is 0.137. The number of hydroxylamine groups is 1. The molecule has 10 nitrogen and oxygen atoms in total. The third kappa shape index (κ3) is 6.42. The van der Waals surface area contributed by atoms with Gasteiger partial charge >= 0.3 is 6.09 Å². The van der Waals surface area contributed by atoms with Crippen molar-refractivity contribution < 1.29 is 32.3 Å². The van der Waals surface area contributed by atoms with Crippen LogP contribution in [0.1, 0.15) is 31.1 Å². The number of anilines is 2. The van der Waals surface area contributed by atoms with Gasteiger partial charge in [-0.15, -0.1) is 0 Å². The molecule has 0 radical (unpaired) electrons. The first-order valence-electron chi connectivity index (χ1n) is 9.50. The van der Waals surface area contributed by atoms with E-state index in [4.69, 9.17) is 14.3 Å². The predicted octanol–water partition coefficient (Wildman–Crippen LogP) is 3.48. The molecule has 0 aliphatic rings. The molecule has 0 aliphatic heterocycles. The average molecular weight is 466 g/mol. The molecule has 0 heterocycles. The lowest BCUT2D eigenvalue weighted by Crippen LogP contribution is -2.27. The summed E-state index contributed by atoms with van der Waals surface area (Å²) in [4.78, 5) is 29.4. The molecule has 0 atom stereocenters. The molecular weight excluding hydrogens is 438 g/mol. The van der Waals surface area contributed by atoms with Crippen molar-refractivity contribution >= 4 is 33.4 Å². The molecule has 11 heteroatoms. The average Bonchev–Trinajstić information content (AvgIpc) is 2.72. The molecule has 0 spiro atoms. The van der Waals surface area contributed by atoms with Crippen LogP contribution in [0, 0.1) is 0 Å². The zero-order valence-corrected chi connectivity index (χ0v) is 19.6. The van der Waals surface area contributed by atoms with Crippen LogP contribution in [-0.2, 0) is 19.6 Å². The second kappa shape index (κ2) is 9.98. The fraction of sp³-hybridized carbons (Fsp3) is 0.333. The van der Waals surface area contributed by atoms with E-state index in [0.29, 0.717) is 17.1 Å². The highest BCUT2D eigenvalue weighted by molar-refractivity contribution is 7.89. The maximum Gasteiger partial charge on any atom is 0.412 e. The molecule has 174 valence electrons. The Labute approximate surface area is 187 Å². The molecule has 0 saturated heterocycles. The van der Waals surface area contributed by atoms with E-state index >= 15 is 0 Å². The van der Waals surface area contributed by atoms with E-state index in [-0.39, 0.29) is 10.5 Å². The number of hydrogen-bond acceptors (Lipinski definition) is 7. The van der Waals surface area contributed by atoms with Crippen molar-refractivity contribution in [1.29, 1.82) is 0 Å². The third-order valence-corrected chi connectivity index (χ3v) is 5.80. The molecule has 0 bridgehead atoms. The van der Waals surface area contributed by atoms with Crippen molar-refractivity contribution in [1.82, 2.24) is 4.47 Å². The van der Waals surface area contributed by atoms with Crippen LogP contribution >= 0.6 is 0 Å². The Morgan fingerprint density at radius 3 is 2.12 bits per heavy atom. The van der Waals surface area contributed by atoms with E-state index in [0.717, 1.165) is 4.47 Å². The summed E-state index contributed by atoms with van der Waals surface area (Å²) in [5, 5.41) is 5.28. The van der Waals surface area contributed by atoms with E-state index in [1.165, 1.54) is 51.6 Å². The Kier molecular flexibility index (Phi) is 7.83. The second-order valence-electron chi connectivity index (χ2n) is 7.62. The van der Waals surface area contributed by atoms with Crippen LogP contribution in [0.4, 0.5) is 16.2 Å². The van der Waals surface area contributed by atoms with E-state index in [9.17, 15) is 18.0 Å². The van der Waals surface area contributed by atoms with Gasteiger partial charge in [0.2, 0.25) is 0 Å². The lowest BCUT2D eigenvalue weighted by Gasteiger charge is -2.20. The Hall–Kier alpha value is -3.15. The number of nitrogens with zero attached hydrogens (tertiary/aromatic N) is 1. The minimum atomic E-state index is -3.81. The summed E-state index contributed by atoms with van der Waals surface area (Å²) in [6, 6.07) is 10.1. The highest BCUT2D eigenvalue weighted by Gasteiger charge is 2.21. The molecule has 0 saturated carbocycles. The largest absolute Gasteiger partial charge is 0.495 e. The number of nitrogens with one attached hydrogen (secondary N) is 2. The lowest BCUT2D eigenvalue weighted by molar-refractivity contribution is -0.0258. The van der Waals surface area contributed by atoms with Gasteiger partial charge in [-0.25, -0.2) is 13.2 Å². The smallest absolute Gasteiger partial charge is 0.412 e. The standard InChI is InChI=1S/C21H27N3O7S/c1-21(2,3)31-20(26)23-17-13-15(9-12-18(17)29-5)22-19(25)14-7-10-16(11-8-14)32(27,28)24(4)30-6/h7-13H,1-6H3,(H,22,25)(H,23,26). The van der Waals surface area contributed by atoms with Crippen LogP contribution < -0.4 is 15.4 Å². The number of rotatable bonds is 7. The first-order valence-corrected chi connectivity index (χ1v) is 10.9. The fourth-order valence-corrected chi connectivity index (χ4v) is 3.50. The van der Waals surface area contributed by atoms with Gasteiger partial charge in [0.1, 0.15) is 11.4 Å². The summed E-state index contributed by atoms with van der Waals surface area (Å²) in [5.41, 5.74) is 0.253. The molecule has 32 heavy (non-hydrogen) atoms. The summed E-state index contributed by atoms with van der Waals surface area (Å²) in [6.45, 7) is 5.22. The topological polar surface area (TPSA) is 123 Å². The fourth-order valence-electron chi connectivity index (χ4n) is 2.53. The van der Waals surface area contributed by atoms with Crippen LogP contribution in [0.2, 0.25) is 0 Å². The van der Waals surface area contributed by atoms with Gasteiger partial charge in [0, 0.05) is 18.3 Å². The minimum Gasteiger partial charge on any atom is -0.495 e. The van der Waals surface area contributed by atoms with Crippen LogP contribution in [0.5, 0.6) is 5.75 Å². The minimum absolute atomic E-state index is 0.0216. The van der Waals surface area contributed by atoms with Gasteiger partial charge in [-0.3, -0.25) is 14.9 Å². The zero-order valence-electron chi connectivity index (χ0n) is 18.8. The number of hydrogen-bond donors (Lipinski definition) is 2. The summed E-state index contributed by atoms with van der Waals surface area (Å²) in [6.07, 6.45) is -0.669. The van der Waals surface area contributed by atoms with Crippen molar-refractivity contribution in [3.05, 3.63) is 48.0 Å². The monoisotopic (exact) mass is 465 g/mol. The maximum absolute atomic E-state index is 12.6. The number of ether oxygens (including phenoxy) is 2. The van der Waals surface area contributed by atoms with Gasteiger partial charge in [0.15, 0.2) is 0 Å². The Bertz CT molecular complexity index is 1080. The van der Waals surface area contributed by atoms with Crippen molar-refractivity contribution in [3.8, 4) is 5.75 Å². The molecule has 2 aromatic carbocycles. The Balaban J connectivity index is 2.18. The molecule has 2 amide bonds. The number of carbonyl (C=O) groups is 2. The first-order chi connectivity index (χ1) is 14.9. The number of methoxy groups -OCH3 is 1. The van der Waals surface area contributed by atoms with E-state index in [1.54, 1.807) is 32.9 Å². The van der Waals surface area contributed by atoms with E-state index in [2.05, 4.69) is 10.6 Å². The lowest BCUT2D eigenvalue weighted by atomic mass is 10.2. The zero-order chi connectivity index (χ0) is 24.1. The van der Waals surface area contributed by atoms with Crippen LogP contribution in [0.3, 0.4) is 0 Å².